The molecule has 2 aromatic rings. The van der Waals surface area contributed by atoms with Crippen molar-refractivity contribution in [2.24, 2.45) is 0 Å². The highest BCUT2D eigenvalue weighted by atomic mass is 16.5. The Labute approximate surface area is 130 Å². The zero-order valence-corrected chi connectivity index (χ0v) is 12.6. The second kappa shape index (κ2) is 5.90. The lowest BCUT2D eigenvalue weighted by molar-refractivity contribution is -0.130. The lowest BCUT2D eigenvalue weighted by atomic mass is 10.1. The topological polar surface area (TPSA) is 29.5 Å². The van der Waals surface area contributed by atoms with Crippen LogP contribution in [0.25, 0.3) is 11.8 Å². The Kier molecular flexibility index (Phi) is 3.79. The molecule has 3 nitrogen and oxygen atoms in total. The summed E-state index contributed by atoms with van der Waals surface area (Å²) in [5, 5.41) is 0. The third-order valence-corrected chi connectivity index (χ3v) is 3.51. The largest absolute Gasteiger partial charge is 0.422 e. The van der Waals surface area contributed by atoms with Gasteiger partial charge in [-0.05, 0) is 29.8 Å². The van der Waals surface area contributed by atoms with Crippen LogP contribution in [0.2, 0.25) is 0 Å². The minimum atomic E-state index is -0.310. The first kappa shape index (κ1) is 14.1. The zero-order valence-electron chi connectivity index (χ0n) is 12.6. The molecule has 110 valence electrons. The lowest BCUT2D eigenvalue weighted by Gasteiger charge is -2.11. The van der Waals surface area contributed by atoms with Gasteiger partial charge in [0.2, 0.25) is 0 Å². The van der Waals surface area contributed by atoms with Crippen LogP contribution < -0.4 is 4.90 Å². The van der Waals surface area contributed by atoms with Crippen molar-refractivity contribution in [3.05, 3.63) is 77.4 Å². The standard InChI is InChI=1S/C19H17NO2/c1-20(2)17-10-8-14(9-11-17)12-16-13-18(22-19(16)21)15-6-4-3-5-7-15/h3-13H,1-2H3/b16-12-. The molecule has 0 amide bonds. The van der Waals surface area contributed by atoms with Crippen LogP contribution in [0.15, 0.2) is 66.2 Å². The molecule has 0 unspecified atom stereocenters. The Morgan fingerprint density at radius 1 is 0.955 bits per heavy atom. The van der Waals surface area contributed by atoms with Gasteiger partial charge in [0.15, 0.2) is 0 Å². The first-order valence-corrected chi connectivity index (χ1v) is 7.12. The van der Waals surface area contributed by atoms with E-state index in [9.17, 15) is 4.79 Å². The van der Waals surface area contributed by atoms with Gasteiger partial charge in [-0.15, -0.1) is 0 Å². The smallest absolute Gasteiger partial charge is 0.343 e. The van der Waals surface area contributed by atoms with Gasteiger partial charge in [0.1, 0.15) is 5.76 Å². The van der Waals surface area contributed by atoms with E-state index in [1.165, 1.54) is 0 Å². The van der Waals surface area contributed by atoms with Crippen LogP contribution in [0, 0.1) is 0 Å². The number of carbonyl (C=O) groups is 1. The predicted octanol–water partition coefficient (Wildman–Crippen LogP) is 3.73. The molecule has 1 aliphatic rings. The van der Waals surface area contributed by atoms with Gasteiger partial charge in [-0.3, -0.25) is 0 Å². The quantitative estimate of drug-likeness (QED) is 0.637. The van der Waals surface area contributed by atoms with E-state index in [1.807, 2.05) is 79.7 Å². The van der Waals surface area contributed by atoms with Gasteiger partial charge < -0.3 is 9.64 Å². The second-order valence-corrected chi connectivity index (χ2v) is 5.35. The molecule has 0 aliphatic carbocycles. The van der Waals surface area contributed by atoms with Crippen molar-refractivity contribution in [1.29, 1.82) is 0 Å². The third-order valence-electron chi connectivity index (χ3n) is 3.51. The minimum Gasteiger partial charge on any atom is -0.422 e. The number of hydrogen-bond donors (Lipinski definition) is 0. The molecule has 0 saturated heterocycles. The molecular formula is C19H17NO2. The van der Waals surface area contributed by atoms with Crippen molar-refractivity contribution in [2.45, 2.75) is 0 Å². The van der Waals surface area contributed by atoms with Crippen LogP contribution in [0.5, 0.6) is 0 Å². The number of cyclic esters (lactones) is 1. The Hall–Kier alpha value is -2.81. The number of benzene rings is 2. The van der Waals surface area contributed by atoms with Gasteiger partial charge in [-0.25, -0.2) is 4.79 Å². The van der Waals surface area contributed by atoms with Crippen LogP contribution >= 0.6 is 0 Å². The zero-order chi connectivity index (χ0) is 15.5. The van der Waals surface area contributed by atoms with E-state index < -0.39 is 0 Å². The van der Waals surface area contributed by atoms with Gasteiger partial charge in [0, 0.05) is 25.3 Å². The van der Waals surface area contributed by atoms with Crippen LogP contribution in [-0.4, -0.2) is 20.1 Å². The number of hydrogen-bond acceptors (Lipinski definition) is 3. The number of ether oxygens (including phenoxy) is 1. The van der Waals surface area contributed by atoms with Crippen molar-refractivity contribution in [3.63, 3.8) is 0 Å². The molecule has 0 saturated carbocycles. The minimum absolute atomic E-state index is 0.310. The van der Waals surface area contributed by atoms with Crippen LogP contribution in [0.4, 0.5) is 5.69 Å². The summed E-state index contributed by atoms with van der Waals surface area (Å²) in [6.07, 6.45) is 3.63. The molecule has 1 heterocycles. The highest BCUT2D eigenvalue weighted by molar-refractivity contribution is 6.05. The molecule has 3 rings (SSSR count). The Morgan fingerprint density at radius 2 is 1.64 bits per heavy atom. The Balaban J connectivity index is 1.87. The Bertz CT molecular complexity index is 741. The summed E-state index contributed by atoms with van der Waals surface area (Å²) in [5.74, 6) is 0.289. The highest BCUT2D eigenvalue weighted by Crippen LogP contribution is 2.27. The molecule has 0 aromatic heterocycles. The number of anilines is 1. The fraction of sp³-hybridized carbons (Fsp3) is 0.105. The average molecular weight is 291 g/mol. The molecule has 0 N–H and O–H groups in total. The van der Waals surface area contributed by atoms with Crippen molar-refractivity contribution in [3.8, 4) is 0 Å². The van der Waals surface area contributed by atoms with E-state index in [2.05, 4.69) is 0 Å². The molecular weight excluding hydrogens is 274 g/mol. The molecule has 0 atom stereocenters. The average Bonchev–Trinajstić information content (AvgIpc) is 2.90. The predicted molar refractivity (Wildman–Crippen MR) is 89.3 cm³/mol. The number of nitrogens with zero attached hydrogens (tertiary/aromatic N) is 1. The summed E-state index contributed by atoms with van der Waals surface area (Å²) < 4.78 is 5.34. The summed E-state index contributed by atoms with van der Waals surface area (Å²) >= 11 is 0. The third kappa shape index (κ3) is 2.93. The molecule has 0 fully saturated rings. The van der Waals surface area contributed by atoms with Gasteiger partial charge in [-0.1, -0.05) is 42.5 Å². The summed E-state index contributed by atoms with van der Waals surface area (Å²) in [6, 6.07) is 17.7. The van der Waals surface area contributed by atoms with Crippen LogP contribution in [0.3, 0.4) is 0 Å². The van der Waals surface area contributed by atoms with Crippen molar-refractivity contribution >= 4 is 23.5 Å². The number of esters is 1. The van der Waals surface area contributed by atoms with E-state index in [0.717, 1.165) is 16.8 Å². The first-order chi connectivity index (χ1) is 10.6. The molecule has 22 heavy (non-hydrogen) atoms. The van der Waals surface area contributed by atoms with E-state index in [0.29, 0.717) is 11.3 Å². The monoisotopic (exact) mass is 291 g/mol. The highest BCUT2D eigenvalue weighted by Gasteiger charge is 2.21. The number of rotatable bonds is 3. The van der Waals surface area contributed by atoms with Crippen molar-refractivity contribution in [2.75, 3.05) is 19.0 Å². The fourth-order valence-corrected chi connectivity index (χ4v) is 2.28. The van der Waals surface area contributed by atoms with Crippen LogP contribution in [-0.2, 0) is 9.53 Å². The van der Waals surface area contributed by atoms with Crippen molar-refractivity contribution in [1.82, 2.24) is 0 Å². The van der Waals surface area contributed by atoms with Crippen LogP contribution in [0.1, 0.15) is 11.1 Å². The van der Waals surface area contributed by atoms with Gasteiger partial charge in [0.25, 0.3) is 0 Å². The van der Waals surface area contributed by atoms with Gasteiger partial charge in [0.05, 0.1) is 5.57 Å². The summed E-state index contributed by atoms with van der Waals surface area (Å²) in [7, 11) is 3.99. The van der Waals surface area contributed by atoms with E-state index in [4.69, 9.17) is 4.74 Å². The summed E-state index contributed by atoms with van der Waals surface area (Å²) in [6.45, 7) is 0. The SMILES string of the molecule is CN(C)c1ccc(/C=C2/C=C(c3ccccc3)OC2=O)cc1. The number of carbonyl (C=O) groups excluding carboxylic acids is 1. The molecule has 2 aromatic carbocycles. The molecule has 0 bridgehead atoms. The maximum Gasteiger partial charge on any atom is 0.343 e. The van der Waals surface area contributed by atoms with Crippen molar-refractivity contribution < 1.29 is 9.53 Å². The molecule has 1 aliphatic heterocycles. The maximum absolute atomic E-state index is 12.0. The molecule has 3 heteroatoms. The summed E-state index contributed by atoms with van der Waals surface area (Å²) in [4.78, 5) is 14.0. The first-order valence-electron chi connectivity index (χ1n) is 7.12. The van der Waals surface area contributed by atoms with Gasteiger partial charge >= 0.3 is 5.97 Å². The summed E-state index contributed by atoms with van der Waals surface area (Å²) in [5.41, 5.74) is 3.57. The van der Waals surface area contributed by atoms with E-state index >= 15 is 0 Å². The molecule has 0 radical (unpaired) electrons. The maximum atomic E-state index is 12.0. The molecule has 0 spiro atoms. The lowest BCUT2D eigenvalue weighted by Crippen LogP contribution is -2.07. The fourth-order valence-electron chi connectivity index (χ4n) is 2.28. The second-order valence-electron chi connectivity index (χ2n) is 5.35. The van der Waals surface area contributed by atoms with E-state index in [-0.39, 0.29) is 5.97 Å². The Morgan fingerprint density at radius 3 is 2.27 bits per heavy atom. The normalized spacial score (nSPS) is 15.6. The van der Waals surface area contributed by atoms with Gasteiger partial charge in [-0.2, -0.15) is 0 Å². The van der Waals surface area contributed by atoms with E-state index in [1.54, 1.807) is 6.08 Å².